The lowest BCUT2D eigenvalue weighted by Gasteiger charge is -2.08. The molecule has 0 amide bonds. The summed E-state index contributed by atoms with van der Waals surface area (Å²) in [5, 5.41) is 16.7. The Morgan fingerprint density at radius 3 is 2.94 bits per heavy atom. The molecule has 17 heavy (non-hydrogen) atoms. The lowest BCUT2D eigenvalue weighted by Crippen LogP contribution is -1.99. The van der Waals surface area contributed by atoms with Crippen molar-refractivity contribution in [1.82, 2.24) is 15.0 Å². The molecule has 0 aliphatic carbocycles. The summed E-state index contributed by atoms with van der Waals surface area (Å²) in [6, 6.07) is 4.01. The minimum Gasteiger partial charge on any atom is -0.487 e. The Hall–Kier alpha value is -1.95. The van der Waals surface area contributed by atoms with Gasteiger partial charge in [0.2, 0.25) is 0 Å². The zero-order valence-corrected chi connectivity index (χ0v) is 9.30. The molecule has 1 heterocycles. The van der Waals surface area contributed by atoms with Gasteiger partial charge in [-0.1, -0.05) is 5.21 Å². The first-order chi connectivity index (χ1) is 8.19. The van der Waals surface area contributed by atoms with Crippen LogP contribution < -0.4 is 4.74 Å². The molecule has 0 spiro atoms. The van der Waals surface area contributed by atoms with Crippen LogP contribution in [0.5, 0.6) is 5.75 Å². The van der Waals surface area contributed by atoms with E-state index in [1.54, 1.807) is 17.9 Å². The Labute approximate surface area is 97.5 Å². The second-order valence-corrected chi connectivity index (χ2v) is 3.58. The molecule has 0 atom stereocenters. The van der Waals surface area contributed by atoms with Crippen molar-refractivity contribution in [2.45, 2.75) is 13.2 Å². The molecule has 0 unspecified atom stereocenters. The van der Waals surface area contributed by atoms with E-state index < -0.39 is 5.82 Å². The van der Waals surface area contributed by atoms with Gasteiger partial charge in [0.15, 0.2) is 0 Å². The van der Waals surface area contributed by atoms with Crippen molar-refractivity contribution in [2.75, 3.05) is 0 Å². The van der Waals surface area contributed by atoms with Crippen LogP contribution in [0.4, 0.5) is 4.39 Å². The summed E-state index contributed by atoms with van der Waals surface area (Å²) in [6.07, 6.45) is 1.72. The van der Waals surface area contributed by atoms with Crippen LogP contribution in [0.25, 0.3) is 0 Å². The van der Waals surface area contributed by atoms with Gasteiger partial charge in [-0.2, -0.15) is 0 Å². The first kappa shape index (κ1) is 11.5. The molecule has 0 radical (unpaired) electrons. The van der Waals surface area contributed by atoms with E-state index in [1.165, 1.54) is 18.2 Å². The zero-order valence-electron chi connectivity index (χ0n) is 9.30. The summed E-state index contributed by atoms with van der Waals surface area (Å²) in [4.78, 5) is 0. The Bertz CT molecular complexity index is 513. The Morgan fingerprint density at radius 2 is 2.29 bits per heavy atom. The lowest BCUT2D eigenvalue weighted by molar-refractivity contribution is 0.256. The average Bonchev–Trinajstić information content (AvgIpc) is 2.73. The summed E-state index contributed by atoms with van der Waals surface area (Å²) in [7, 11) is 1.76. The number of benzene rings is 1. The minimum atomic E-state index is -0.402. The lowest BCUT2D eigenvalue weighted by atomic mass is 10.2. The molecule has 90 valence electrons. The molecular weight excluding hydrogens is 225 g/mol. The van der Waals surface area contributed by atoms with Crippen LogP contribution in [0.2, 0.25) is 0 Å². The molecule has 0 fully saturated rings. The maximum Gasteiger partial charge on any atom is 0.134 e. The summed E-state index contributed by atoms with van der Waals surface area (Å²) >= 11 is 0. The zero-order chi connectivity index (χ0) is 12.3. The van der Waals surface area contributed by atoms with Crippen molar-refractivity contribution in [3.63, 3.8) is 0 Å². The molecule has 2 aromatic rings. The fraction of sp³-hybridized carbons (Fsp3) is 0.273. The number of hydrogen-bond donors (Lipinski definition) is 1. The van der Waals surface area contributed by atoms with Crippen molar-refractivity contribution in [3.8, 4) is 5.75 Å². The molecule has 0 aliphatic heterocycles. The van der Waals surface area contributed by atoms with E-state index in [0.29, 0.717) is 17.0 Å². The van der Waals surface area contributed by atoms with E-state index in [4.69, 9.17) is 9.84 Å². The largest absolute Gasteiger partial charge is 0.487 e. The number of aliphatic hydroxyl groups is 1. The van der Waals surface area contributed by atoms with Crippen molar-refractivity contribution in [3.05, 3.63) is 41.5 Å². The number of halogens is 1. The Morgan fingerprint density at radius 1 is 1.47 bits per heavy atom. The molecule has 0 aliphatic rings. The van der Waals surface area contributed by atoms with Crippen LogP contribution in [0.15, 0.2) is 24.4 Å². The molecule has 0 bridgehead atoms. The third kappa shape index (κ3) is 2.79. The van der Waals surface area contributed by atoms with Crippen LogP contribution in [0, 0.1) is 5.82 Å². The standard InChI is InChI=1S/C11H12FN3O2/c1-15-5-10(13-14-15)7-17-11-3-2-9(12)4-8(11)6-16/h2-5,16H,6-7H2,1H3. The fourth-order valence-corrected chi connectivity index (χ4v) is 1.43. The Balaban J connectivity index is 2.08. The summed E-state index contributed by atoms with van der Waals surface area (Å²) < 4.78 is 19.9. The first-order valence-electron chi connectivity index (χ1n) is 5.06. The molecule has 2 rings (SSSR count). The van der Waals surface area contributed by atoms with Crippen LogP contribution in [0.3, 0.4) is 0 Å². The molecule has 1 N–H and O–H groups in total. The summed E-state index contributed by atoms with van der Waals surface area (Å²) in [6.45, 7) is -0.0416. The van der Waals surface area contributed by atoms with Crippen molar-refractivity contribution in [1.29, 1.82) is 0 Å². The van der Waals surface area contributed by atoms with Crippen molar-refractivity contribution in [2.24, 2.45) is 7.05 Å². The van der Waals surface area contributed by atoms with Gasteiger partial charge >= 0.3 is 0 Å². The van der Waals surface area contributed by atoms with Gasteiger partial charge in [0.05, 0.1) is 12.8 Å². The first-order valence-corrected chi connectivity index (χ1v) is 5.06. The second kappa shape index (κ2) is 4.92. The topological polar surface area (TPSA) is 60.2 Å². The molecule has 1 aromatic heterocycles. The number of rotatable bonds is 4. The monoisotopic (exact) mass is 237 g/mol. The highest BCUT2D eigenvalue weighted by molar-refractivity contribution is 5.33. The molecule has 5 nitrogen and oxygen atoms in total. The summed E-state index contributed by atoms with van der Waals surface area (Å²) in [5.74, 6) is 0.0421. The smallest absolute Gasteiger partial charge is 0.134 e. The number of aliphatic hydroxyl groups excluding tert-OH is 1. The van der Waals surface area contributed by atoms with Crippen molar-refractivity contribution < 1.29 is 14.2 Å². The second-order valence-electron chi connectivity index (χ2n) is 3.58. The van der Waals surface area contributed by atoms with Crippen LogP contribution in [0.1, 0.15) is 11.3 Å². The van der Waals surface area contributed by atoms with Gasteiger partial charge in [-0.3, -0.25) is 4.68 Å². The number of hydrogen-bond acceptors (Lipinski definition) is 4. The highest BCUT2D eigenvalue weighted by Crippen LogP contribution is 2.20. The van der Waals surface area contributed by atoms with Crippen LogP contribution in [-0.4, -0.2) is 20.1 Å². The highest BCUT2D eigenvalue weighted by atomic mass is 19.1. The van der Waals surface area contributed by atoms with E-state index in [-0.39, 0.29) is 13.2 Å². The number of aromatic nitrogens is 3. The van der Waals surface area contributed by atoms with E-state index in [2.05, 4.69) is 10.3 Å². The average molecular weight is 237 g/mol. The predicted octanol–water partition coefficient (Wildman–Crippen LogP) is 1.03. The molecule has 1 aromatic carbocycles. The van der Waals surface area contributed by atoms with E-state index >= 15 is 0 Å². The van der Waals surface area contributed by atoms with Gasteiger partial charge in [0, 0.05) is 12.6 Å². The SMILES string of the molecule is Cn1cc(COc2ccc(F)cc2CO)nn1. The van der Waals surface area contributed by atoms with Gasteiger partial charge < -0.3 is 9.84 Å². The van der Waals surface area contributed by atoms with Crippen molar-refractivity contribution >= 4 is 0 Å². The van der Waals surface area contributed by atoms with Gasteiger partial charge in [0.1, 0.15) is 23.9 Å². The maximum absolute atomic E-state index is 12.9. The predicted molar refractivity (Wildman–Crippen MR) is 57.7 cm³/mol. The quantitative estimate of drug-likeness (QED) is 0.862. The molecule has 0 saturated heterocycles. The van der Waals surface area contributed by atoms with Crippen LogP contribution in [-0.2, 0) is 20.3 Å². The van der Waals surface area contributed by atoms with Gasteiger partial charge in [-0.05, 0) is 18.2 Å². The maximum atomic E-state index is 12.9. The molecular formula is C11H12FN3O2. The van der Waals surface area contributed by atoms with E-state index in [1.807, 2.05) is 0 Å². The molecule has 6 heteroatoms. The number of nitrogens with zero attached hydrogens (tertiary/aromatic N) is 3. The third-order valence-corrected chi connectivity index (χ3v) is 2.22. The van der Waals surface area contributed by atoms with E-state index in [9.17, 15) is 4.39 Å². The number of aryl methyl sites for hydroxylation is 1. The number of ether oxygens (including phenoxy) is 1. The van der Waals surface area contributed by atoms with E-state index in [0.717, 1.165) is 0 Å². The Kier molecular flexibility index (Phi) is 3.34. The minimum absolute atomic E-state index is 0.229. The van der Waals surface area contributed by atoms with Crippen LogP contribution >= 0.6 is 0 Å². The van der Waals surface area contributed by atoms with Gasteiger partial charge in [0.25, 0.3) is 0 Å². The molecule has 0 saturated carbocycles. The highest BCUT2D eigenvalue weighted by Gasteiger charge is 2.06. The third-order valence-electron chi connectivity index (χ3n) is 2.22. The summed E-state index contributed by atoms with van der Waals surface area (Å²) in [5.41, 5.74) is 1.08. The fourth-order valence-electron chi connectivity index (χ4n) is 1.43. The van der Waals surface area contributed by atoms with Gasteiger partial charge in [-0.15, -0.1) is 5.10 Å². The van der Waals surface area contributed by atoms with Gasteiger partial charge in [-0.25, -0.2) is 4.39 Å². The normalized spacial score (nSPS) is 10.5.